The van der Waals surface area contributed by atoms with Crippen molar-refractivity contribution < 1.29 is 19.1 Å². The Hall–Kier alpha value is -1.95. The summed E-state index contributed by atoms with van der Waals surface area (Å²) in [7, 11) is 0. The number of halogens is 1. The number of unbranched alkanes of at least 4 members (excludes halogenated alkanes) is 1. The molecular weight excluding hydrogens is 281 g/mol. The third-order valence-corrected chi connectivity index (χ3v) is 3.92. The predicted octanol–water partition coefficient (Wildman–Crippen LogP) is 3.03. The van der Waals surface area contributed by atoms with Crippen LogP contribution in [0.5, 0.6) is 0 Å². The predicted molar refractivity (Wildman–Crippen MR) is 75.6 cm³/mol. The largest absolute Gasteiger partial charge is 0.481 e. The summed E-state index contributed by atoms with van der Waals surface area (Å²) in [5, 5.41) is 11.9. The Morgan fingerprint density at radius 3 is 2.80 bits per heavy atom. The van der Waals surface area contributed by atoms with Gasteiger partial charge < -0.3 is 10.4 Å². The first-order valence-corrected chi connectivity index (χ1v) is 7.07. The lowest BCUT2D eigenvalue weighted by atomic mass is 10.2. The summed E-state index contributed by atoms with van der Waals surface area (Å²) in [5.41, 5.74) is 0. The van der Waals surface area contributed by atoms with Crippen molar-refractivity contribution in [2.75, 3.05) is 6.54 Å². The SMILES string of the molecule is O=C(O)CCCCNC(=O)c1cc2cc(F)ccc2s1. The van der Waals surface area contributed by atoms with E-state index in [0.717, 1.165) is 4.70 Å². The lowest BCUT2D eigenvalue weighted by Crippen LogP contribution is -2.23. The molecule has 4 nitrogen and oxygen atoms in total. The average molecular weight is 295 g/mol. The number of hydrogen-bond acceptors (Lipinski definition) is 3. The zero-order chi connectivity index (χ0) is 14.5. The van der Waals surface area contributed by atoms with Crippen molar-refractivity contribution in [3.8, 4) is 0 Å². The number of hydrogen-bond donors (Lipinski definition) is 2. The number of amides is 1. The first kappa shape index (κ1) is 14.5. The number of aliphatic carboxylic acids is 1. The Morgan fingerprint density at radius 1 is 1.25 bits per heavy atom. The van der Waals surface area contributed by atoms with E-state index in [9.17, 15) is 14.0 Å². The van der Waals surface area contributed by atoms with Gasteiger partial charge in [-0.1, -0.05) is 0 Å². The highest BCUT2D eigenvalue weighted by Crippen LogP contribution is 2.26. The molecule has 0 aliphatic rings. The highest BCUT2D eigenvalue weighted by atomic mass is 32.1. The summed E-state index contributed by atoms with van der Waals surface area (Å²) in [4.78, 5) is 22.7. The standard InChI is InChI=1S/C14H14FNO3S/c15-10-4-5-11-9(7-10)8-12(20-11)14(19)16-6-2-1-3-13(17)18/h4-5,7-8H,1-3,6H2,(H,16,19)(H,17,18). The normalized spacial score (nSPS) is 10.7. The quantitative estimate of drug-likeness (QED) is 0.805. The lowest BCUT2D eigenvalue weighted by Gasteiger charge is -2.02. The number of fused-ring (bicyclic) bond motifs is 1. The molecule has 2 aromatic rings. The molecule has 1 aromatic heterocycles. The minimum Gasteiger partial charge on any atom is -0.481 e. The van der Waals surface area contributed by atoms with Gasteiger partial charge in [0.15, 0.2) is 0 Å². The van der Waals surface area contributed by atoms with E-state index in [1.54, 1.807) is 12.1 Å². The lowest BCUT2D eigenvalue weighted by molar-refractivity contribution is -0.137. The molecule has 2 rings (SSSR count). The van der Waals surface area contributed by atoms with Crippen LogP contribution in [0.25, 0.3) is 10.1 Å². The van der Waals surface area contributed by atoms with Crippen LogP contribution < -0.4 is 5.32 Å². The Balaban J connectivity index is 1.89. The first-order valence-electron chi connectivity index (χ1n) is 6.25. The van der Waals surface area contributed by atoms with E-state index in [1.807, 2.05) is 0 Å². The van der Waals surface area contributed by atoms with E-state index < -0.39 is 5.97 Å². The molecule has 0 aliphatic carbocycles. The van der Waals surface area contributed by atoms with Crippen LogP contribution in [0, 0.1) is 5.82 Å². The molecule has 2 N–H and O–H groups in total. The Morgan fingerprint density at radius 2 is 2.05 bits per heavy atom. The minimum atomic E-state index is -0.831. The summed E-state index contributed by atoms with van der Waals surface area (Å²) in [5.74, 6) is -1.36. The van der Waals surface area contributed by atoms with Gasteiger partial charge in [-0.25, -0.2) is 4.39 Å². The topological polar surface area (TPSA) is 66.4 Å². The summed E-state index contributed by atoms with van der Waals surface area (Å²) >= 11 is 1.31. The number of benzene rings is 1. The second-order valence-corrected chi connectivity index (χ2v) is 5.48. The van der Waals surface area contributed by atoms with Gasteiger partial charge in [-0.3, -0.25) is 9.59 Å². The van der Waals surface area contributed by atoms with Crippen LogP contribution in [0.3, 0.4) is 0 Å². The van der Waals surface area contributed by atoms with Gasteiger partial charge in [0.2, 0.25) is 0 Å². The van der Waals surface area contributed by atoms with Crippen LogP contribution in [0.4, 0.5) is 4.39 Å². The number of carboxylic acid groups (broad SMARTS) is 1. The monoisotopic (exact) mass is 295 g/mol. The van der Waals surface area contributed by atoms with Gasteiger partial charge in [0.1, 0.15) is 5.82 Å². The molecule has 0 unspecified atom stereocenters. The molecule has 0 saturated carbocycles. The fourth-order valence-corrected chi connectivity index (χ4v) is 2.78. The zero-order valence-electron chi connectivity index (χ0n) is 10.7. The van der Waals surface area contributed by atoms with Gasteiger partial charge in [-0.05, 0) is 42.5 Å². The average Bonchev–Trinajstić information content (AvgIpc) is 2.80. The van der Waals surface area contributed by atoms with Crippen molar-refractivity contribution in [3.63, 3.8) is 0 Å². The van der Waals surface area contributed by atoms with Gasteiger partial charge in [-0.2, -0.15) is 0 Å². The van der Waals surface area contributed by atoms with E-state index in [2.05, 4.69) is 5.32 Å². The molecular formula is C14H14FNO3S. The van der Waals surface area contributed by atoms with Crippen molar-refractivity contribution in [3.05, 3.63) is 35.0 Å². The molecule has 0 bridgehead atoms. The third kappa shape index (κ3) is 3.77. The maximum absolute atomic E-state index is 13.1. The van der Waals surface area contributed by atoms with Crippen LogP contribution in [-0.4, -0.2) is 23.5 Å². The molecule has 0 saturated heterocycles. The van der Waals surface area contributed by atoms with Crippen LogP contribution >= 0.6 is 11.3 Å². The molecule has 0 atom stereocenters. The second kappa shape index (κ2) is 6.47. The molecule has 1 heterocycles. The van der Waals surface area contributed by atoms with Gasteiger partial charge in [0, 0.05) is 17.7 Å². The summed E-state index contributed by atoms with van der Waals surface area (Å²) in [6.45, 7) is 0.439. The molecule has 20 heavy (non-hydrogen) atoms. The molecule has 0 radical (unpaired) electrons. The van der Waals surface area contributed by atoms with E-state index in [-0.39, 0.29) is 18.1 Å². The number of nitrogens with one attached hydrogen (secondary N) is 1. The number of rotatable bonds is 6. The fourth-order valence-electron chi connectivity index (χ4n) is 1.82. The van der Waals surface area contributed by atoms with Crippen LogP contribution in [0.2, 0.25) is 0 Å². The van der Waals surface area contributed by atoms with Crippen molar-refractivity contribution >= 4 is 33.3 Å². The second-order valence-electron chi connectivity index (χ2n) is 4.40. The van der Waals surface area contributed by atoms with Crippen molar-refractivity contribution in [1.29, 1.82) is 0 Å². The van der Waals surface area contributed by atoms with Gasteiger partial charge in [0.25, 0.3) is 5.91 Å². The number of carbonyl (C=O) groups is 2. The van der Waals surface area contributed by atoms with Crippen molar-refractivity contribution in [1.82, 2.24) is 5.32 Å². The first-order chi connectivity index (χ1) is 9.56. The third-order valence-electron chi connectivity index (χ3n) is 2.81. The fraction of sp³-hybridized carbons (Fsp3) is 0.286. The van der Waals surface area contributed by atoms with Crippen LogP contribution in [0.1, 0.15) is 28.9 Å². The molecule has 1 amide bonds. The van der Waals surface area contributed by atoms with Gasteiger partial charge in [0.05, 0.1) is 4.88 Å². The zero-order valence-corrected chi connectivity index (χ0v) is 11.5. The van der Waals surface area contributed by atoms with E-state index in [4.69, 9.17) is 5.11 Å². The van der Waals surface area contributed by atoms with E-state index in [0.29, 0.717) is 29.6 Å². The summed E-state index contributed by atoms with van der Waals surface area (Å²) in [6, 6.07) is 6.08. The highest BCUT2D eigenvalue weighted by Gasteiger charge is 2.10. The Kier molecular flexibility index (Phi) is 4.68. The van der Waals surface area contributed by atoms with Gasteiger partial charge >= 0.3 is 5.97 Å². The molecule has 0 aliphatic heterocycles. The van der Waals surface area contributed by atoms with Crippen LogP contribution in [-0.2, 0) is 4.79 Å². The maximum Gasteiger partial charge on any atom is 0.303 e. The van der Waals surface area contributed by atoms with E-state index in [1.165, 1.54) is 23.5 Å². The minimum absolute atomic E-state index is 0.109. The van der Waals surface area contributed by atoms with Gasteiger partial charge in [-0.15, -0.1) is 11.3 Å². The van der Waals surface area contributed by atoms with Crippen molar-refractivity contribution in [2.24, 2.45) is 0 Å². The number of carbonyl (C=O) groups excluding carboxylic acids is 1. The van der Waals surface area contributed by atoms with E-state index >= 15 is 0 Å². The molecule has 0 fully saturated rings. The molecule has 6 heteroatoms. The summed E-state index contributed by atoms with van der Waals surface area (Å²) < 4.78 is 13.9. The Bertz CT molecular complexity index is 638. The number of thiophene rings is 1. The Labute approximate surface area is 119 Å². The summed E-state index contributed by atoms with van der Waals surface area (Å²) in [6.07, 6.45) is 1.27. The molecule has 0 spiro atoms. The highest BCUT2D eigenvalue weighted by molar-refractivity contribution is 7.20. The number of carboxylic acids is 1. The molecule has 106 valence electrons. The smallest absolute Gasteiger partial charge is 0.303 e. The van der Waals surface area contributed by atoms with Crippen molar-refractivity contribution in [2.45, 2.75) is 19.3 Å². The maximum atomic E-state index is 13.1. The van der Waals surface area contributed by atoms with Crippen LogP contribution in [0.15, 0.2) is 24.3 Å². The molecule has 1 aromatic carbocycles.